The number of rotatable bonds is 14. The Labute approximate surface area is 226 Å². The Morgan fingerprint density at radius 2 is 1.59 bits per heavy atom. The zero-order chi connectivity index (χ0) is 27.6. The first-order chi connectivity index (χ1) is 19.0. The number of nitrogens with one attached hydrogen (secondary N) is 2. The molecule has 0 aliphatic heterocycles. The molecule has 1 heterocycles. The maximum Gasteiger partial charge on any atom is 0.163 e. The van der Waals surface area contributed by atoms with Crippen LogP contribution in [0.15, 0.2) is 67.5 Å². The van der Waals surface area contributed by atoms with E-state index in [0.717, 1.165) is 16.5 Å². The van der Waals surface area contributed by atoms with E-state index in [4.69, 9.17) is 24.7 Å². The molecule has 0 atom stereocenters. The molecule has 0 unspecified atom stereocenters. The van der Waals surface area contributed by atoms with Gasteiger partial charge in [0.25, 0.3) is 0 Å². The molecule has 0 spiro atoms. The van der Waals surface area contributed by atoms with Crippen molar-refractivity contribution in [2.24, 2.45) is 0 Å². The van der Waals surface area contributed by atoms with Crippen molar-refractivity contribution in [1.29, 1.82) is 0 Å². The second kappa shape index (κ2) is 13.4. The molecule has 0 bridgehead atoms. The zero-order valence-corrected chi connectivity index (χ0v) is 22.0. The normalized spacial score (nSPS) is 10.8. The monoisotopic (exact) mass is 533 g/mol. The van der Waals surface area contributed by atoms with E-state index in [1.54, 1.807) is 14.2 Å². The number of nitrogens with two attached hydrogens (primary N) is 1. The second-order valence-electron chi connectivity index (χ2n) is 8.61. The maximum atomic E-state index is 13.6. The molecule has 39 heavy (non-hydrogen) atoms. The van der Waals surface area contributed by atoms with Crippen LogP contribution in [0.3, 0.4) is 0 Å². The van der Waals surface area contributed by atoms with Crippen molar-refractivity contribution in [3.8, 4) is 11.5 Å². The summed E-state index contributed by atoms with van der Waals surface area (Å²) in [7, 11) is 3.24. The third-order valence-corrected chi connectivity index (χ3v) is 5.85. The number of anilines is 3. The Morgan fingerprint density at radius 3 is 2.28 bits per heavy atom. The summed E-state index contributed by atoms with van der Waals surface area (Å²) in [4.78, 5) is 8.85. The third kappa shape index (κ3) is 7.34. The van der Waals surface area contributed by atoms with Crippen molar-refractivity contribution in [3.63, 3.8) is 0 Å². The van der Waals surface area contributed by atoms with E-state index in [0.29, 0.717) is 72.9 Å². The fourth-order valence-corrected chi connectivity index (χ4v) is 3.78. The smallest absolute Gasteiger partial charge is 0.163 e. The van der Waals surface area contributed by atoms with Gasteiger partial charge in [-0.1, -0.05) is 30.8 Å². The lowest BCUT2D eigenvalue weighted by Crippen LogP contribution is -2.09. The van der Waals surface area contributed by atoms with Crippen LogP contribution in [-0.4, -0.2) is 50.6 Å². The van der Waals surface area contributed by atoms with Crippen LogP contribution < -0.4 is 25.8 Å². The Bertz CT molecular complexity index is 1420. The molecule has 4 N–H and O–H groups in total. The minimum atomic E-state index is -0.373. The molecule has 0 fully saturated rings. The van der Waals surface area contributed by atoms with Gasteiger partial charge in [-0.05, 0) is 35.4 Å². The summed E-state index contributed by atoms with van der Waals surface area (Å²) in [6, 6.07) is 15.7. The number of benzene rings is 3. The molecule has 0 saturated heterocycles. The van der Waals surface area contributed by atoms with Crippen LogP contribution in [0.4, 0.5) is 21.6 Å². The van der Waals surface area contributed by atoms with Gasteiger partial charge < -0.3 is 35.3 Å². The Balaban J connectivity index is 1.47. The summed E-state index contributed by atoms with van der Waals surface area (Å²) in [5, 5.41) is 7.26. The largest absolute Gasteiger partial charge is 0.487 e. The van der Waals surface area contributed by atoms with Gasteiger partial charge in [0.15, 0.2) is 11.5 Å². The Kier molecular flexibility index (Phi) is 9.49. The highest BCUT2D eigenvalue weighted by Crippen LogP contribution is 2.34. The average molecular weight is 534 g/mol. The predicted molar refractivity (Wildman–Crippen MR) is 152 cm³/mol. The molecule has 4 rings (SSSR count). The van der Waals surface area contributed by atoms with E-state index in [9.17, 15) is 4.39 Å². The number of methoxy groups -OCH3 is 2. The van der Waals surface area contributed by atoms with E-state index >= 15 is 0 Å². The minimum absolute atomic E-state index is 0.372. The molecular weight excluding hydrogens is 501 g/mol. The number of ether oxygens (including phenoxy) is 4. The molecule has 0 radical (unpaired) electrons. The molecule has 1 aromatic heterocycles. The Morgan fingerprint density at radius 1 is 0.897 bits per heavy atom. The van der Waals surface area contributed by atoms with Crippen LogP contribution in [0, 0.1) is 5.82 Å². The molecule has 3 aromatic carbocycles. The van der Waals surface area contributed by atoms with E-state index in [2.05, 4.69) is 27.2 Å². The first kappa shape index (κ1) is 27.6. The van der Waals surface area contributed by atoms with Crippen LogP contribution in [0.25, 0.3) is 16.6 Å². The predicted octanol–water partition coefficient (Wildman–Crippen LogP) is 5.10. The van der Waals surface area contributed by atoms with Gasteiger partial charge in [-0.3, -0.25) is 0 Å². The van der Waals surface area contributed by atoms with Gasteiger partial charge in [0.2, 0.25) is 0 Å². The number of halogens is 1. The third-order valence-electron chi connectivity index (χ3n) is 5.85. The number of aromatic nitrogens is 2. The van der Waals surface area contributed by atoms with Crippen LogP contribution in [0.5, 0.6) is 11.5 Å². The summed E-state index contributed by atoms with van der Waals surface area (Å²) in [6.45, 7) is 6.23. The van der Waals surface area contributed by atoms with Crippen LogP contribution in [0.2, 0.25) is 0 Å². The van der Waals surface area contributed by atoms with E-state index < -0.39 is 0 Å². The molecule has 0 saturated carbocycles. The van der Waals surface area contributed by atoms with E-state index in [1.165, 1.54) is 24.5 Å². The highest BCUT2D eigenvalue weighted by Gasteiger charge is 2.13. The van der Waals surface area contributed by atoms with Crippen molar-refractivity contribution in [2.45, 2.75) is 6.54 Å². The summed E-state index contributed by atoms with van der Waals surface area (Å²) >= 11 is 0. The van der Waals surface area contributed by atoms with Crippen LogP contribution in [-0.2, 0) is 16.0 Å². The average Bonchev–Trinajstić information content (AvgIpc) is 2.94. The number of fused-ring (bicyclic) bond motifs is 1. The van der Waals surface area contributed by atoms with Crippen LogP contribution in [0.1, 0.15) is 11.1 Å². The van der Waals surface area contributed by atoms with Crippen LogP contribution >= 0.6 is 0 Å². The van der Waals surface area contributed by atoms with Gasteiger partial charge in [-0.15, -0.1) is 0 Å². The van der Waals surface area contributed by atoms with Gasteiger partial charge in [0.1, 0.15) is 31.2 Å². The molecule has 204 valence electrons. The maximum absolute atomic E-state index is 13.6. The number of hydrogen-bond acceptors (Lipinski definition) is 9. The lowest BCUT2D eigenvalue weighted by molar-refractivity contribution is 0.132. The zero-order valence-electron chi connectivity index (χ0n) is 22.0. The minimum Gasteiger partial charge on any atom is -0.487 e. The van der Waals surface area contributed by atoms with Gasteiger partial charge in [-0.25, -0.2) is 14.4 Å². The van der Waals surface area contributed by atoms with Crippen molar-refractivity contribution in [1.82, 2.24) is 9.97 Å². The molecule has 10 heteroatoms. The summed E-state index contributed by atoms with van der Waals surface area (Å²) in [5.74, 6) is 1.44. The highest BCUT2D eigenvalue weighted by atomic mass is 19.1. The molecular formula is C29H32FN5O4. The standard InChI is InChI=1S/C29H32FN5O4/c1-19(35-26-14-22(30)8-9-24(26)31)21-6-4-20(5-7-21)17-32-29-23-15-27(38-12-10-36-2)28(39-13-11-37-3)16-25(23)33-18-34-29/h4-9,14-16,18,35H,1,10-13,17,31H2,2-3H3,(H,32,33,34). The fraction of sp³-hybridized carbons (Fsp3) is 0.241. The molecule has 4 aromatic rings. The van der Waals surface area contributed by atoms with Gasteiger partial charge in [-0.2, -0.15) is 0 Å². The van der Waals surface area contributed by atoms with Crippen molar-refractivity contribution in [3.05, 3.63) is 84.4 Å². The highest BCUT2D eigenvalue weighted by molar-refractivity contribution is 5.91. The van der Waals surface area contributed by atoms with Crippen molar-refractivity contribution < 1.29 is 23.3 Å². The topological polar surface area (TPSA) is 113 Å². The van der Waals surface area contributed by atoms with Crippen molar-refractivity contribution in [2.75, 3.05) is 57.0 Å². The lowest BCUT2D eigenvalue weighted by atomic mass is 10.1. The van der Waals surface area contributed by atoms with Crippen molar-refractivity contribution >= 4 is 33.8 Å². The quantitative estimate of drug-likeness (QED) is 0.151. The molecule has 0 aliphatic carbocycles. The molecule has 0 aliphatic rings. The van der Waals surface area contributed by atoms with Gasteiger partial charge in [0, 0.05) is 37.9 Å². The fourth-order valence-electron chi connectivity index (χ4n) is 3.78. The molecule has 9 nitrogen and oxygen atoms in total. The van der Waals surface area contributed by atoms with Gasteiger partial charge >= 0.3 is 0 Å². The number of nitrogen functional groups attached to an aromatic ring is 1. The Hall–Kier alpha value is -4.41. The van der Waals surface area contributed by atoms with Gasteiger partial charge in [0.05, 0.1) is 30.1 Å². The number of nitrogens with zero attached hydrogens (tertiary/aromatic N) is 2. The summed E-state index contributed by atoms with van der Waals surface area (Å²) < 4.78 is 35.6. The molecule has 0 amide bonds. The first-order valence-electron chi connectivity index (χ1n) is 12.3. The van der Waals surface area contributed by atoms with E-state index in [1.807, 2.05) is 36.4 Å². The summed E-state index contributed by atoms with van der Waals surface area (Å²) in [5.41, 5.74) is 10.1. The number of hydrogen-bond donors (Lipinski definition) is 3. The lowest BCUT2D eigenvalue weighted by Gasteiger charge is -2.15. The SMILES string of the molecule is C=C(Nc1cc(F)ccc1N)c1ccc(CNc2ncnc3cc(OCCOC)c(OCCOC)cc23)cc1. The summed E-state index contributed by atoms with van der Waals surface area (Å²) in [6.07, 6.45) is 1.51. The second-order valence-corrected chi connectivity index (χ2v) is 8.61. The van der Waals surface area contributed by atoms with E-state index in [-0.39, 0.29) is 5.82 Å². The first-order valence-corrected chi connectivity index (χ1v) is 12.3.